The summed E-state index contributed by atoms with van der Waals surface area (Å²) in [5.41, 5.74) is 3.58. The van der Waals surface area contributed by atoms with Crippen LogP contribution < -0.4 is 5.32 Å². The molecule has 0 fully saturated rings. The van der Waals surface area contributed by atoms with Gasteiger partial charge < -0.3 is 5.32 Å². The van der Waals surface area contributed by atoms with Crippen LogP contribution in [0.2, 0.25) is 0 Å². The van der Waals surface area contributed by atoms with Crippen molar-refractivity contribution >= 4 is 33.8 Å². The van der Waals surface area contributed by atoms with E-state index in [4.69, 9.17) is 0 Å². The zero-order chi connectivity index (χ0) is 14.1. The van der Waals surface area contributed by atoms with Crippen molar-refractivity contribution in [2.75, 3.05) is 5.32 Å². The number of fused-ring (bicyclic) bond motifs is 1. The standard InChI is InChI=1S/C14H11N5S/c1-8-13(9(2)20-19-8)16-14-10-5-3-4-6-11(10)17-18-12(14)7-15/h3-6H,1-2H3,(H,16,17). The lowest BCUT2D eigenvalue weighted by atomic mass is 10.1. The minimum Gasteiger partial charge on any atom is -0.350 e. The molecule has 1 aromatic carbocycles. The molecule has 0 amide bonds. The van der Waals surface area contributed by atoms with E-state index < -0.39 is 0 Å². The first kappa shape index (κ1) is 12.5. The summed E-state index contributed by atoms with van der Waals surface area (Å²) in [7, 11) is 0. The van der Waals surface area contributed by atoms with E-state index in [1.807, 2.05) is 38.1 Å². The lowest BCUT2D eigenvalue weighted by Crippen LogP contribution is -2.00. The predicted octanol–water partition coefficient (Wildman–Crippen LogP) is 3.32. The van der Waals surface area contributed by atoms with E-state index in [2.05, 4.69) is 26.0 Å². The van der Waals surface area contributed by atoms with Gasteiger partial charge in [-0.1, -0.05) is 18.2 Å². The number of aryl methyl sites for hydroxylation is 2. The Hall–Kier alpha value is -2.52. The molecule has 1 N–H and O–H groups in total. The van der Waals surface area contributed by atoms with E-state index in [9.17, 15) is 5.26 Å². The van der Waals surface area contributed by atoms with Crippen molar-refractivity contribution in [3.8, 4) is 6.07 Å². The fourth-order valence-corrected chi connectivity index (χ4v) is 2.70. The molecule has 20 heavy (non-hydrogen) atoms. The highest BCUT2D eigenvalue weighted by Crippen LogP contribution is 2.31. The quantitative estimate of drug-likeness (QED) is 0.780. The first-order valence-electron chi connectivity index (χ1n) is 6.06. The highest BCUT2D eigenvalue weighted by Gasteiger charge is 2.14. The van der Waals surface area contributed by atoms with Gasteiger partial charge in [-0.2, -0.15) is 9.64 Å². The molecule has 0 atom stereocenters. The van der Waals surface area contributed by atoms with Crippen LogP contribution in [0.15, 0.2) is 24.3 Å². The van der Waals surface area contributed by atoms with Crippen molar-refractivity contribution in [3.63, 3.8) is 0 Å². The second-order valence-electron chi connectivity index (χ2n) is 4.38. The van der Waals surface area contributed by atoms with Crippen LogP contribution in [0.25, 0.3) is 10.9 Å². The Kier molecular flexibility index (Phi) is 3.05. The number of hydrogen-bond donors (Lipinski definition) is 1. The van der Waals surface area contributed by atoms with Crippen molar-refractivity contribution in [1.82, 2.24) is 14.6 Å². The number of nitrogens with one attached hydrogen (secondary N) is 1. The molecule has 2 aromatic heterocycles. The van der Waals surface area contributed by atoms with Gasteiger partial charge in [-0.3, -0.25) is 0 Å². The van der Waals surface area contributed by atoms with Crippen LogP contribution in [0.1, 0.15) is 16.3 Å². The maximum atomic E-state index is 9.24. The molecular weight excluding hydrogens is 270 g/mol. The highest BCUT2D eigenvalue weighted by atomic mass is 32.1. The monoisotopic (exact) mass is 281 g/mol. The molecular formula is C14H11N5S. The third kappa shape index (κ3) is 1.98. The Morgan fingerprint density at radius 2 is 1.95 bits per heavy atom. The molecule has 0 bridgehead atoms. The molecule has 0 saturated heterocycles. The van der Waals surface area contributed by atoms with Gasteiger partial charge in [0, 0.05) is 10.3 Å². The first-order chi connectivity index (χ1) is 9.70. The maximum Gasteiger partial charge on any atom is 0.187 e. The maximum absolute atomic E-state index is 9.24. The number of benzene rings is 1. The minimum absolute atomic E-state index is 0.286. The molecule has 0 aliphatic heterocycles. The second kappa shape index (κ2) is 4.87. The summed E-state index contributed by atoms with van der Waals surface area (Å²) < 4.78 is 4.31. The first-order valence-corrected chi connectivity index (χ1v) is 6.83. The summed E-state index contributed by atoms with van der Waals surface area (Å²) in [6.45, 7) is 3.94. The molecule has 2 heterocycles. The topological polar surface area (TPSA) is 74.5 Å². The summed E-state index contributed by atoms with van der Waals surface area (Å²) in [5, 5.41) is 21.5. The number of rotatable bonds is 2. The third-order valence-electron chi connectivity index (χ3n) is 3.06. The number of aromatic nitrogens is 3. The Morgan fingerprint density at radius 1 is 1.15 bits per heavy atom. The van der Waals surface area contributed by atoms with Crippen LogP contribution in [-0.4, -0.2) is 14.6 Å². The van der Waals surface area contributed by atoms with Crippen molar-refractivity contribution in [1.29, 1.82) is 5.26 Å². The lowest BCUT2D eigenvalue weighted by Gasteiger charge is -2.10. The van der Waals surface area contributed by atoms with Crippen LogP contribution in [0.3, 0.4) is 0 Å². The van der Waals surface area contributed by atoms with Gasteiger partial charge in [0.25, 0.3) is 0 Å². The van der Waals surface area contributed by atoms with E-state index in [0.29, 0.717) is 5.69 Å². The van der Waals surface area contributed by atoms with E-state index in [0.717, 1.165) is 27.2 Å². The summed E-state index contributed by atoms with van der Waals surface area (Å²) >= 11 is 1.44. The molecule has 5 nitrogen and oxygen atoms in total. The summed E-state index contributed by atoms with van der Waals surface area (Å²) in [5.74, 6) is 0. The van der Waals surface area contributed by atoms with Crippen LogP contribution in [0, 0.1) is 25.2 Å². The molecule has 3 aromatic rings. The van der Waals surface area contributed by atoms with Gasteiger partial charge in [-0.05, 0) is 31.4 Å². The van der Waals surface area contributed by atoms with Gasteiger partial charge in [0.1, 0.15) is 6.07 Å². The zero-order valence-electron chi connectivity index (χ0n) is 11.0. The average Bonchev–Trinajstić information content (AvgIpc) is 2.79. The van der Waals surface area contributed by atoms with Crippen LogP contribution in [0.4, 0.5) is 11.4 Å². The van der Waals surface area contributed by atoms with E-state index in [-0.39, 0.29) is 5.69 Å². The van der Waals surface area contributed by atoms with Gasteiger partial charge in [0.2, 0.25) is 0 Å². The van der Waals surface area contributed by atoms with Crippen molar-refractivity contribution in [2.24, 2.45) is 0 Å². The summed E-state index contributed by atoms with van der Waals surface area (Å²) in [6.07, 6.45) is 0. The molecule has 98 valence electrons. The number of anilines is 2. The summed E-state index contributed by atoms with van der Waals surface area (Å²) in [4.78, 5) is 1.08. The molecule has 6 heteroatoms. The second-order valence-corrected chi connectivity index (χ2v) is 5.35. The van der Waals surface area contributed by atoms with Gasteiger partial charge in [0.05, 0.1) is 22.6 Å². The predicted molar refractivity (Wildman–Crippen MR) is 79.1 cm³/mol. The van der Waals surface area contributed by atoms with Crippen molar-refractivity contribution < 1.29 is 0 Å². The Balaban J connectivity index is 2.22. The Labute approximate surface area is 120 Å². The average molecular weight is 281 g/mol. The normalized spacial score (nSPS) is 10.4. The van der Waals surface area contributed by atoms with E-state index in [1.165, 1.54) is 11.5 Å². The van der Waals surface area contributed by atoms with E-state index >= 15 is 0 Å². The minimum atomic E-state index is 0.286. The Bertz CT molecular complexity index is 812. The fraction of sp³-hybridized carbons (Fsp3) is 0.143. The highest BCUT2D eigenvalue weighted by molar-refractivity contribution is 7.06. The lowest BCUT2D eigenvalue weighted by molar-refractivity contribution is 1.05. The SMILES string of the molecule is Cc1nsc(C)c1Nc1c(C#N)nnc2ccccc12. The molecule has 0 aliphatic carbocycles. The van der Waals surface area contributed by atoms with Crippen LogP contribution >= 0.6 is 11.5 Å². The summed E-state index contributed by atoms with van der Waals surface area (Å²) in [6, 6.07) is 9.71. The molecule has 0 spiro atoms. The molecule has 0 saturated carbocycles. The largest absolute Gasteiger partial charge is 0.350 e. The fourth-order valence-electron chi connectivity index (χ4n) is 2.04. The van der Waals surface area contributed by atoms with Crippen molar-refractivity contribution in [2.45, 2.75) is 13.8 Å². The third-order valence-corrected chi connectivity index (χ3v) is 3.90. The number of nitrogens with zero attached hydrogens (tertiary/aromatic N) is 4. The molecule has 0 unspecified atom stereocenters. The molecule has 0 aliphatic rings. The van der Waals surface area contributed by atoms with Gasteiger partial charge in [-0.15, -0.1) is 10.2 Å². The van der Waals surface area contributed by atoms with Crippen LogP contribution in [-0.2, 0) is 0 Å². The molecule has 0 radical (unpaired) electrons. The molecule has 3 rings (SSSR count). The van der Waals surface area contributed by atoms with Gasteiger partial charge in [-0.25, -0.2) is 0 Å². The Morgan fingerprint density at radius 3 is 2.65 bits per heavy atom. The smallest absolute Gasteiger partial charge is 0.187 e. The number of hydrogen-bond acceptors (Lipinski definition) is 6. The van der Waals surface area contributed by atoms with Gasteiger partial charge >= 0.3 is 0 Å². The van der Waals surface area contributed by atoms with Crippen molar-refractivity contribution in [3.05, 3.63) is 40.5 Å². The number of nitriles is 1. The van der Waals surface area contributed by atoms with E-state index in [1.54, 1.807) is 0 Å². The zero-order valence-corrected chi connectivity index (χ0v) is 11.8. The van der Waals surface area contributed by atoms with Crippen LogP contribution in [0.5, 0.6) is 0 Å². The van der Waals surface area contributed by atoms with Gasteiger partial charge in [0.15, 0.2) is 5.69 Å².